The van der Waals surface area contributed by atoms with Gasteiger partial charge in [-0.25, -0.2) is 10.2 Å². The molecule has 0 saturated heterocycles. The number of nitriles is 1. The molecule has 1 rings (SSSR count). The lowest BCUT2D eigenvalue weighted by atomic mass is 9.67. The Bertz CT molecular complexity index is 435. The number of urea groups is 1. The largest absolute Gasteiger partial charge is 0.350 e. The molecule has 3 N–H and O–H groups in total. The number of hydrogen-bond donors (Lipinski definition) is 2. The Labute approximate surface area is 114 Å². The van der Waals surface area contributed by atoms with Crippen LogP contribution >= 0.6 is 0 Å². The fourth-order valence-electron chi connectivity index (χ4n) is 2.54. The maximum atomic E-state index is 10.8. The summed E-state index contributed by atoms with van der Waals surface area (Å²) >= 11 is 0. The number of allylic oxidation sites excluding steroid dienone is 1. The maximum absolute atomic E-state index is 10.8. The number of carbonyl (C=O) groups excluding carboxylic acids is 1. The van der Waals surface area contributed by atoms with Gasteiger partial charge in [0.05, 0.1) is 6.07 Å². The predicted octanol–water partition coefficient (Wildman–Crippen LogP) is 2.70. The maximum Gasteiger partial charge on any atom is 0.332 e. The van der Waals surface area contributed by atoms with E-state index in [0.717, 1.165) is 37.0 Å². The summed E-state index contributed by atoms with van der Waals surface area (Å²) in [6.45, 7) is 8.11. The van der Waals surface area contributed by atoms with E-state index in [4.69, 9.17) is 11.0 Å². The quantitative estimate of drug-likeness (QED) is 0.602. The van der Waals surface area contributed by atoms with Crippen LogP contribution in [-0.2, 0) is 0 Å². The van der Waals surface area contributed by atoms with Gasteiger partial charge in [0.2, 0.25) is 0 Å². The molecule has 5 heteroatoms. The van der Waals surface area contributed by atoms with Gasteiger partial charge < -0.3 is 5.73 Å². The van der Waals surface area contributed by atoms with E-state index in [9.17, 15) is 4.79 Å². The van der Waals surface area contributed by atoms with Gasteiger partial charge in [-0.2, -0.15) is 10.4 Å². The van der Waals surface area contributed by atoms with Crippen molar-refractivity contribution >= 4 is 11.7 Å². The van der Waals surface area contributed by atoms with Gasteiger partial charge in [-0.1, -0.05) is 19.1 Å². The number of primary amides is 1. The van der Waals surface area contributed by atoms with E-state index in [1.807, 2.05) is 6.92 Å². The number of nitrogens with two attached hydrogens (primary N) is 1. The molecule has 2 atom stereocenters. The summed E-state index contributed by atoms with van der Waals surface area (Å²) in [5.41, 5.74) is 9.30. The highest BCUT2D eigenvalue weighted by molar-refractivity contribution is 5.92. The Morgan fingerprint density at radius 3 is 2.95 bits per heavy atom. The third kappa shape index (κ3) is 4.09. The van der Waals surface area contributed by atoms with Crippen molar-refractivity contribution in [3.8, 4) is 6.07 Å². The molecule has 1 aliphatic rings. The molecule has 0 spiro atoms. The van der Waals surface area contributed by atoms with Crippen molar-refractivity contribution in [1.29, 1.82) is 5.26 Å². The van der Waals surface area contributed by atoms with Crippen LogP contribution < -0.4 is 11.2 Å². The molecule has 1 saturated carbocycles. The lowest BCUT2D eigenvalue weighted by Gasteiger charge is -2.38. The van der Waals surface area contributed by atoms with Gasteiger partial charge in [0.25, 0.3) is 0 Å². The molecule has 2 amide bonds. The van der Waals surface area contributed by atoms with Crippen LogP contribution in [-0.4, -0.2) is 11.7 Å². The average Bonchev–Trinajstić information content (AvgIpc) is 2.35. The first-order chi connectivity index (χ1) is 8.89. The van der Waals surface area contributed by atoms with E-state index in [2.05, 4.69) is 30.1 Å². The lowest BCUT2D eigenvalue weighted by Crippen LogP contribution is -2.38. The van der Waals surface area contributed by atoms with Crippen LogP contribution in [0.25, 0.3) is 0 Å². The van der Waals surface area contributed by atoms with E-state index in [1.54, 1.807) is 0 Å². The predicted molar refractivity (Wildman–Crippen MR) is 75.3 cm³/mol. The zero-order valence-corrected chi connectivity index (χ0v) is 11.7. The van der Waals surface area contributed by atoms with Gasteiger partial charge in [-0.3, -0.25) is 0 Å². The topological polar surface area (TPSA) is 91.3 Å². The van der Waals surface area contributed by atoms with Crippen LogP contribution in [0.3, 0.4) is 0 Å². The van der Waals surface area contributed by atoms with E-state index in [-0.39, 0.29) is 5.41 Å². The molecule has 0 aromatic rings. The minimum absolute atomic E-state index is 0.135. The molecule has 0 heterocycles. The highest BCUT2D eigenvalue weighted by Crippen LogP contribution is 2.41. The Hall–Kier alpha value is -1.83. The SMILES string of the molecule is C=C(C)[C@@H]1CC[C@](C)(CCC#N)/C(=N\NC(N)=O)C1. The summed E-state index contributed by atoms with van der Waals surface area (Å²) in [7, 11) is 0. The van der Waals surface area contributed by atoms with Crippen molar-refractivity contribution < 1.29 is 4.79 Å². The molecule has 104 valence electrons. The van der Waals surface area contributed by atoms with Crippen LogP contribution in [0.2, 0.25) is 0 Å². The summed E-state index contributed by atoms with van der Waals surface area (Å²) < 4.78 is 0. The number of nitrogens with one attached hydrogen (secondary N) is 1. The van der Waals surface area contributed by atoms with Crippen LogP contribution in [0.4, 0.5) is 4.79 Å². The van der Waals surface area contributed by atoms with Gasteiger partial charge in [0, 0.05) is 17.5 Å². The summed E-state index contributed by atoms with van der Waals surface area (Å²) in [5, 5.41) is 12.9. The second kappa shape index (κ2) is 6.37. The Morgan fingerprint density at radius 2 is 2.42 bits per heavy atom. The number of nitrogens with zero attached hydrogens (tertiary/aromatic N) is 2. The fraction of sp³-hybridized carbons (Fsp3) is 0.643. The van der Waals surface area contributed by atoms with Gasteiger partial charge in [0.1, 0.15) is 0 Å². The molecule has 5 nitrogen and oxygen atoms in total. The second-order valence-electron chi connectivity index (χ2n) is 5.54. The molecular formula is C14H22N4O. The van der Waals surface area contributed by atoms with E-state index >= 15 is 0 Å². The van der Waals surface area contributed by atoms with Crippen LogP contribution in [0.1, 0.15) is 46.0 Å². The number of carbonyl (C=O) groups is 1. The van der Waals surface area contributed by atoms with Crippen molar-refractivity contribution in [2.24, 2.45) is 22.2 Å². The van der Waals surface area contributed by atoms with Crippen LogP contribution in [0.15, 0.2) is 17.3 Å². The first kappa shape index (κ1) is 15.2. The molecule has 0 radical (unpaired) electrons. The molecule has 0 unspecified atom stereocenters. The van der Waals surface area contributed by atoms with Crippen LogP contribution in [0.5, 0.6) is 0 Å². The average molecular weight is 262 g/mol. The van der Waals surface area contributed by atoms with Gasteiger partial charge >= 0.3 is 6.03 Å². The lowest BCUT2D eigenvalue weighted by molar-refractivity contribution is 0.248. The van der Waals surface area contributed by atoms with E-state index < -0.39 is 6.03 Å². The highest BCUT2D eigenvalue weighted by atomic mass is 16.2. The van der Waals surface area contributed by atoms with E-state index in [1.165, 1.54) is 0 Å². The molecule has 19 heavy (non-hydrogen) atoms. The van der Waals surface area contributed by atoms with Crippen molar-refractivity contribution in [2.45, 2.75) is 46.0 Å². The molecule has 0 aliphatic heterocycles. The zero-order chi connectivity index (χ0) is 14.5. The Balaban J connectivity index is 2.90. The summed E-state index contributed by atoms with van der Waals surface area (Å²) in [6, 6.07) is 1.52. The van der Waals surface area contributed by atoms with Crippen molar-refractivity contribution in [2.75, 3.05) is 0 Å². The first-order valence-corrected chi connectivity index (χ1v) is 6.54. The fourth-order valence-corrected chi connectivity index (χ4v) is 2.54. The Morgan fingerprint density at radius 1 is 1.74 bits per heavy atom. The van der Waals surface area contributed by atoms with E-state index in [0.29, 0.717) is 12.3 Å². The number of hydrogen-bond acceptors (Lipinski definition) is 3. The minimum atomic E-state index is -0.660. The third-order valence-corrected chi connectivity index (χ3v) is 3.97. The molecule has 1 aliphatic carbocycles. The minimum Gasteiger partial charge on any atom is -0.350 e. The number of rotatable bonds is 4. The normalized spacial score (nSPS) is 28.7. The number of amides is 2. The molecule has 0 bridgehead atoms. The standard InChI is InChI=1S/C14H22N4O/c1-10(2)11-5-7-14(3,6-4-8-15)12(9-11)17-18-13(16)19/h11H,1,4-7,9H2,2-3H3,(H3,16,18,19)/b17-12-/t11-,14+/m1/s1. The molecule has 0 aromatic heterocycles. The first-order valence-electron chi connectivity index (χ1n) is 6.54. The Kier molecular flexibility index (Phi) is 5.11. The molecule has 0 aromatic carbocycles. The smallest absolute Gasteiger partial charge is 0.332 e. The number of hydrazone groups is 1. The van der Waals surface area contributed by atoms with Crippen LogP contribution in [0, 0.1) is 22.7 Å². The monoisotopic (exact) mass is 262 g/mol. The van der Waals surface area contributed by atoms with Gasteiger partial charge in [0.15, 0.2) is 0 Å². The second-order valence-corrected chi connectivity index (χ2v) is 5.54. The molecular weight excluding hydrogens is 240 g/mol. The van der Waals surface area contributed by atoms with Crippen molar-refractivity contribution in [3.05, 3.63) is 12.2 Å². The third-order valence-electron chi connectivity index (χ3n) is 3.97. The van der Waals surface area contributed by atoms with Gasteiger partial charge in [-0.05, 0) is 38.5 Å². The van der Waals surface area contributed by atoms with Crippen molar-refractivity contribution in [1.82, 2.24) is 5.43 Å². The highest BCUT2D eigenvalue weighted by Gasteiger charge is 2.37. The molecule has 1 fully saturated rings. The zero-order valence-electron chi connectivity index (χ0n) is 11.7. The summed E-state index contributed by atoms with van der Waals surface area (Å²) in [6.07, 6.45) is 4.02. The van der Waals surface area contributed by atoms with Gasteiger partial charge in [-0.15, -0.1) is 0 Å². The summed E-state index contributed by atoms with van der Waals surface area (Å²) in [5.74, 6) is 0.392. The summed E-state index contributed by atoms with van der Waals surface area (Å²) in [4.78, 5) is 10.8. The van der Waals surface area contributed by atoms with Crippen molar-refractivity contribution in [3.63, 3.8) is 0 Å².